The molecule has 0 fully saturated rings. The second-order valence-electron chi connectivity index (χ2n) is 4.69. The molecule has 120 valence electrons. The lowest BCUT2D eigenvalue weighted by Crippen LogP contribution is -2.23. The monoisotopic (exact) mass is 344 g/mol. The zero-order valence-electron chi connectivity index (χ0n) is 12.2. The van der Waals surface area contributed by atoms with Gasteiger partial charge in [-0.15, -0.1) is 11.3 Å². The first-order valence-electron chi connectivity index (χ1n) is 6.46. The summed E-state index contributed by atoms with van der Waals surface area (Å²) in [5.74, 6) is 0.0429. The number of rotatable bonds is 7. The highest BCUT2D eigenvalue weighted by molar-refractivity contribution is 7.88. The number of hydrogen-bond acceptors (Lipinski definition) is 7. The number of nitrogens with zero attached hydrogens (tertiary/aromatic N) is 1. The maximum absolute atomic E-state index is 11.9. The number of nitrogens with one attached hydrogen (secondary N) is 1. The third-order valence-electron chi connectivity index (χ3n) is 2.62. The van der Waals surface area contributed by atoms with Crippen molar-refractivity contribution in [1.82, 2.24) is 9.88 Å². The van der Waals surface area contributed by atoms with Crippen LogP contribution in [0, 0.1) is 6.92 Å². The molecular formula is C13H16N2O5S2. The Kier molecular flexibility index (Phi) is 5.33. The lowest BCUT2D eigenvalue weighted by atomic mass is 10.3. The van der Waals surface area contributed by atoms with Gasteiger partial charge in [0.25, 0.3) is 0 Å². The molecule has 0 aliphatic rings. The zero-order chi connectivity index (χ0) is 16.2. The van der Waals surface area contributed by atoms with Crippen molar-refractivity contribution >= 4 is 27.3 Å². The number of sulfonamides is 1. The summed E-state index contributed by atoms with van der Waals surface area (Å²) >= 11 is 1.28. The fraction of sp³-hybridized carbons (Fsp3) is 0.385. The number of carbonyl (C=O) groups excluding carboxylic acids is 1. The fourth-order valence-electron chi connectivity index (χ4n) is 1.67. The molecule has 0 aliphatic heterocycles. The standard InChI is InChI=1S/C13H16N2O5S2/c1-9-7-10(20-15-9)8-19-13(16)12-4-3-11(21-12)5-6-14-22(2,17)18/h3-4,7,14H,5-6,8H2,1-2H3. The molecule has 2 aromatic rings. The predicted octanol–water partition coefficient (Wildman–Crippen LogP) is 1.49. The molecule has 0 aliphatic carbocycles. The van der Waals surface area contributed by atoms with Crippen molar-refractivity contribution in [3.05, 3.63) is 39.4 Å². The maximum atomic E-state index is 11.9. The van der Waals surface area contributed by atoms with E-state index in [0.717, 1.165) is 16.8 Å². The minimum absolute atomic E-state index is 0.0303. The summed E-state index contributed by atoms with van der Waals surface area (Å²) in [6, 6.07) is 5.14. The molecule has 0 atom stereocenters. The first-order chi connectivity index (χ1) is 10.3. The van der Waals surface area contributed by atoms with Crippen LogP contribution in [0.3, 0.4) is 0 Å². The Balaban J connectivity index is 1.83. The third kappa shape index (κ3) is 5.24. The Bertz CT molecular complexity index is 748. The van der Waals surface area contributed by atoms with Gasteiger partial charge in [-0.3, -0.25) is 0 Å². The van der Waals surface area contributed by atoms with Crippen molar-refractivity contribution in [2.45, 2.75) is 20.0 Å². The van der Waals surface area contributed by atoms with Gasteiger partial charge in [0, 0.05) is 17.5 Å². The molecule has 0 radical (unpaired) electrons. The quantitative estimate of drug-likeness (QED) is 0.764. The van der Waals surface area contributed by atoms with Gasteiger partial charge in [-0.2, -0.15) is 0 Å². The van der Waals surface area contributed by atoms with Crippen molar-refractivity contribution in [2.75, 3.05) is 12.8 Å². The number of hydrogen-bond donors (Lipinski definition) is 1. The van der Waals surface area contributed by atoms with Crippen LogP contribution in [0.4, 0.5) is 0 Å². The molecule has 22 heavy (non-hydrogen) atoms. The molecule has 0 aromatic carbocycles. The number of carbonyl (C=O) groups is 1. The van der Waals surface area contributed by atoms with Gasteiger partial charge in [0.2, 0.25) is 10.0 Å². The largest absolute Gasteiger partial charge is 0.453 e. The van der Waals surface area contributed by atoms with Gasteiger partial charge in [0.15, 0.2) is 12.4 Å². The second kappa shape index (κ2) is 7.03. The molecule has 0 bridgehead atoms. The van der Waals surface area contributed by atoms with Crippen LogP contribution in [-0.4, -0.2) is 32.3 Å². The molecule has 0 amide bonds. The number of ether oxygens (including phenoxy) is 1. The maximum Gasteiger partial charge on any atom is 0.348 e. The van der Waals surface area contributed by atoms with Crippen molar-refractivity contribution in [3.8, 4) is 0 Å². The van der Waals surface area contributed by atoms with Crippen LogP contribution in [0.2, 0.25) is 0 Å². The summed E-state index contributed by atoms with van der Waals surface area (Å²) in [6.45, 7) is 2.11. The lowest BCUT2D eigenvalue weighted by molar-refractivity contribution is 0.0443. The van der Waals surface area contributed by atoms with E-state index >= 15 is 0 Å². The Morgan fingerprint density at radius 2 is 2.23 bits per heavy atom. The summed E-state index contributed by atoms with van der Waals surface area (Å²) in [4.78, 5) is 13.3. The highest BCUT2D eigenvalue weighted by Gasteiger charge is 2.12. The second-order valence-corrected chi connectivity index (χ2v) is 7.69. The van der Waals surface area contributed by atoms with Gasteiger partial charge in [-0.1, -0.05) is 5.16 Å². The van der Waals surface area contributed by atoms with Crippen LogP contribution in [0.1, 0.15) is 26.0 Å². The van der Waals surface area contributed by atoms with Crippen molar-refractivity contribution < 1.29 is 22.5 Å². The van der Waals surface area contributed by atoms with E-state index < -0.39 is 16.0 Å². The van der Waals surface area contributed by atoms with Crippen LogP contribution in [0.15, 0.2) is 22.7 Å². The van der Waals surface area contributed by atoms with E-state index in [9.17, 15) is 13.2 Å². The Hall–Kier alpha value is -1.71. The third-order valence-corrected chi connectivity index (χ3v) is 4.47. The highest BCUT2D eigenvalue weighted by Crippen LogP contribution is 2.18. The summed E-state index contributed by atoms with van der Waals surface area (Å²) in [7, 11) is -3.19. The van der Waals surface area contributed by atoms with Crippen LogP contribution >= 0.6 is 11.3 Å². The fourth-order valence-corrected chi connectivity index (χ4v) is 3.05. The molecule has 0 unspecified atom stereocenters. The number of aryl methyl sites for hydroxylation is 1. The summed E-state index contributed by atoms with van der Waals surface area (Å²) in [6.07, 6.45) is 1.63. The summed E-state index contributed by atoms with van der Waals surface area (Å²) in [5.41, 5.74) is 0.725. The predicted molar refractivity (Wildman–Crippen MR) is 81.2 cm³/mol. The van der Waals surface area contributed by atoms with E-state index in [4.69, 9.17) is 9.26 Å². The number of esters is 1. The molecule has 2 heterocycles. The van der Waals surface area contributed by atoms with Crippen LogP contribution in [-0.2, 0) is 27.8 Å². The minimum atomic E-state index is -3.19. The van der Waals surface area contributed by atoms with Gasteiger partial charge in [-0.25, -0.2) is 17.9 Å². The van der Waals surface area contributed by atoms with Crippen LogP contribution < -0.4 is 4.72 Å². The SMILES string of the molecule is Cc1cc(COC(=O)c2ccc(CCNS(C)(=O)=O)s2)on1. The van der Waals surface area contributed by atoms with E-state index in [-0.39, 0.29) is 6.61 Å². The average molecular weight is 344 g/mol. The highest BCUT2D eigenvalue weighted by atomic mass is 32.2. The molecule has 9 heteroatoms. The molecule has 0 saturated heterocycles. The van der Waals surface area contributed by atoms with E-state index in [2.05, 4.69) is 9.88 Å². The van der Waals surface area contributed by atoms with Gasteiger partial charge >= 0.3 is 5.97 Å². The van der Waals surface area contributed by atoms with Crippen LogP contribution in [0.25, 0.3) is 0 Å². The Morgan fingerprint density at radius 3 is 2.86 bits per heavy atom. The Labute approximate surface area is 132 Å². The molecule has 0 saturated carbocycles. The molecule has 1 N–H and O–H groups in total. The molecular weight excluding hydrogens is 328 g/mol. The van der Waals surface area contributed by atoms with Crippen LogP contribution in [0.5, 0.6) is 0 Å². The van der Waals surface area contributed by atoms with E-state index in [0.29, 0.717) is 23.6 Å². The van der Waals surface area contributed by atoms with Gasteiger partial charge in [0.05, 0.1) is 11.9 Å². The molecule has 2 rings (SSSR count). The lowest BCUT2D eigenvalue weighted by Gasteiger charge is -2.00. The van der Waals surface area contributed by atoms with E-state index in [1.54, 1.807) is 25.1 Å². The summed E-state index contributed by atoms with van der Waals surface area (Å²) < 4.78 is 34.4. The molecule has 0 spiro atoms. The van der Waals surface area contributed by atoms with Gasteiger partial charge in [0.1, 0.15) is 4.88 Å². The molecule has 7 nitrogen and oxygen atoms in total. The van der Waals surface area contributed by atoms with Gasteiger partial charge < -0.3 is 9.26 Å². The van der Waals surface area contributed by atoms with Crippen molar-refractivity contribution in [3.63, 3.8) is 0 Å². The molecule has 2 aromatic heterocycles. The topological polar surface area (TPSA) is 98.5 Å². The van der Waals surface area contributed by atoms with Crippen molar-refractivity contribution in [2.24, 2.45) is 0 Å². The average Bonchev–Trinajstić information content (AvgIpc) is 3.04. The first-order valence-corrected chi connectivity index (χ1v) is 9.17. The van der Waals surface area contributed by atoms with Crippen molar-refractivity contribution in [1.29, 1.82) is 0 Å². The number of aromatic nitrogens is 1. The smallest absolute Gasteiger partial charge is 0.348 e. The van der Waals surface area contributed by atoms with E-state index in [1.165, 1.54) is 11.3 Å². The number of thiophene rings is 1. The first kappa shape index (κ1) is 16.7. The Morgan fingerprint density at radius 1 is 1.45 bits per heavy atom. The zero-order valence-corrected chi connectivity index (χ0v) is 13.8. The minimum Gasteiger partial charge on any atom is -0.453 e. The normalized spacial score (nSPS) is 11.5. The van der Waals surface area contributed by atoms with E-state index in [1.807, 2.05) is 0 Å². The summed E-state index contributed by atoms with van der Waals surface area (Å²) in [5, 5.41) is 3.71. The van der Waals surface area contributed by atoms with Gasteiger partial charge in [-0.05, 0) is 25.5 Å².